The summed E-state index contributed by atoms with van der Waals surface area (Å²) in [5, 5.41) is 0.649. The number of hydrogen-bond acceptors (Lipinski definition) is 3. The minimum Gasteiger partial charge on any atom is -0.330 e. The Kier molecular flexibility index (Phi) is 4.02. The second kappa shape index (κ2) is 6.12. The van der Waals surface area contributed by atoms with Crippen molar-refractivity contribution in [3.63, 3.8) is 0 Å². The first-order chi connectivity index (χ1) is 10.7. The molecule has 112 valence electrons. The summed E-state index contributed by atoms with van der Waals surface area (Å²) in [5.41, 5.74) is 8.44. The van der Waals surface area contributed by atoms with E-state index in [1.807, 2.05) is 49.4 Å². The monoisotopic (exact) mass is 293 g/mol. The Bertz CT molecular complexity index is 868. The van der Waals surface area contributed by atoms with Crippen molar-refractivity contribution in [1.29, 1.82) is 0 Å². The molecule has 0 fully saturated rings. The summed E-state index contributed by atoms with van der Waals surface area (Å²) in [6.45, 7) is 3.16. The van der Waals surface area contributed by atoms with Crippen molar-refractivity contribution in [2.45, 2.75) is 19.9 Å². The number of hydrogen-bond donors (Lipinski definition) is 1. The summed E-state index contributed by atoms with van der Waals surface area (Å²) in [7, 11) is 0. The molecule has 0 bridgehead atoms. The minimum absolute atomic E-state index is 0.00411. The van der Waals surface area contributed by atoms with Crippen molar-refractivity contribution in [3.05, 3.63) is 64.4 Å². The number of aryl methyl sites for hydroxylation is 1. The Morgan fingerprint density at radius 2 is 1.95 bits per heavy atom. The highest BCUT2D eigenvalue weighted by molar-refractivity contribution is 5.79. The Labute approximate surface area is 129 Å². The van der Waals surface area contributed by atoms with E-state index < -0.39 is 0 Å². The van der Waals surface area contributed by atoms with Crippen LogP contribution in [-0.4, -0.2) is 16.1 Å². The van der Waals surface area contributed by atoms with Gasteiger partial charge in [0.1, 0.15) is 5.82 Å². The molecule has 3 rings (SSSR count). The maximum absolute atomic E-state index is 12.8. The van der Waals surface area contributed by atoms with Crippen LogP contribution in [-0.2, 0) is 6.54 Å². The average Bonchev–Trinajstić information content (AvgIpc) is 2.54. The summed E-state index contributed by atoms with van der Waals surface area (Å²) >= 11 is 0. The van der Waals surface area contributed by atoms with Crippen LogP contribution in [0.15, 0.2) is 53.3 Å². The number of fused-ring (bicyclic) bond motifs is 1. The Morgan fingerprint density at radius 3 is 2.73 bits per heavy atom. The third-order valence-corrected chi connectivity index (χ3v) is 3.72. The molecule has 2 aromatic carbocycles. The largest absolute Gasteiger partial charge is 0.330 e. The molecule has 22 heavy (non-hydrogen) atoms. The molecule has 0 saturated heterocycles. The van der Waals surface area contributed by atoms with Gasteiger partial charge < -0.3 is 5.73 Å². The molecule has 2 N–H and O–H groups in total. The molecular weight excluding hydrogens is 274 g/mol. The van der Waals surface area contributed by atoms with Gasteiger partial charge in [-0.1, -0.05) is 35.9 Å². The van der Waals surface area contributed by atoms with Crippen LogP contribution < -0.4 is 11.3 Å². The summed E-state index contributed by atoms with van der Waals surface area (Å²) in [5.74, 6) is 0.709. The van der Waals surface area contributed by atoms with Gasteiger partial charge >= 0.3 is 0 Å². The molecule has 3 aromatic rings. The number of benzene rings is 2. The molecule has 0 unspecified atom stereocenters. The summed E-state index contributed by atoms with van der Waals surface area (Å²) < 4.78 is 1.74. The molecule has 0 amide bonds. The van der Waals surface area contributed by atoms with Gasteiger partial charge in [-0.2, -0.15) is 0 Å². The van der Waals surface area contributed by atoms with Gasteiger partial charge in [0.2, 0.25) is 0 Å². The maximum Gasteiger partial charge on any atom is 0.261 e. The van der Waals surface area contributed by atoms with Crippen LogP contribution in [0, 0.1) is 6.92 Å². The van der Waals surface area contributed by atoms with Crippen molar-refractivity contribution in [2.75, 3.05) is 6.54 Å². The molecule has 0 spiro atoms. The van der Waals surface area contributed by atoms with Gasteiger partial charge in [-0.3, -0.25) is 9.36 Å². The van der Waals surface area contributed by atoms with Crippen LogP contribution in [0.3, 0.4) is 0 Å². The molecule has 0 atom stereocenters. The Balaban J connectivity index is 2.29. The minimum atomic E-state index is -0.00411. The van der Waals surface area contributed by atoms with Crippen molar-refractivity contribution in [3.8, 4) is 11.4 Å². The zero-order valence-electron chi connectivity index (χ0n) is 12.6. The lowest BCUT2D eigenvalue weighted by Gasteiger charge is -2.13. The molecule has 0 aliphatic carbocycles. The number of nitrogens with two attached hydrogens (primary N) is 1. The molecule has 1 aromatic heterocycles. The van der Waals surface area contributed by atoms with Gasteiger partial charge in [-0.15, -0.1) is 0 Å². The van der Waals surface area contributed by atoms with E-state index in [0.29, 0.717) is 24.3 Å². The summed E-state index contributed by atoms with van der Waals surface area (Å²) in [6, 6.07) is 15.5. The first-order valence-corrected chi connectivity index (χ1v) is 7.47. The number of rotatable bonds is 4. The van der Waals surface area contributed by atoms with E-state index in [-0.39, 0.29) is 5.56 Å². The number of aromatic nitrogens is 2. The molecule has 0 saturated carbocycles. The fourth-order valence-corrected chi connectivity index (χ4v) is 2.63. The first-order valence-electron chi connectivity index (χ1n) is 7.47. The molecule has 4 heteroatoms. The predicted molar refractivity (Wildman–Crippen MR) is 89.8 cm³/mol. The van der Waals surface area contributed by atoms with Gasteiger partial charge in [-0.25, -0.2) is 4.98 Å². The number of nitrogens with zero attached hydrogens (tertiary/aromatic N) is 2. The van der Waals surface area contributed by atoms with E-state index in [9.17, 15) is 4.79 Å². The van der Waals surface area contributed by atoms with E-state index in [2.05, 4.69) is 6.07 Å². The fourth-order valence-electron chi connectivity index (χ4n) is 2.63. The van der Waals surface area contributed by atoms with Gasteiger partial charge in [0, 0.05) is 12.1 Å². The molecule has 0 aliphatic rings. The van der Waals surface area contributed by atoms with E-state index in [0.717, 1.165) is 23.1 Å². The quantitative estimate of drug-likeness (QED) is 0.804. The maximum atomic E-state index is 12.8. The van der Waals surface area contributed by atoms with Crippen LogP contribution >= 0.6 is 0 Å². The zero-order chi connectivity index (χ0) is 15.5. The van der Waals surface area contributed by atoms with Gasteiger partial charge in [0.25, 0.3) is 5.56 Å². The SMILES string of the molecule is Cc1cccc(-c2nc3ccccc3c(=O)n2CCCN)c1. The Hall–Kier alpha value is -2.46. The van der Waals surface area contributed by atoms with E-state index in [1.165, 1.54) is 0 Å². The van der Waals surface area contributed by atoms with Crippen LogP contribution in [0.25, 0.3) is 22.3 Å². The third kappa shape index (κ3) is 2.65. The fraction of sp³-hybridized carbons (Fsp3) is 0.222. The highest BCUT2D eigenvalue weighted by Gasteiger charge is 2.12. The first kappa shape index (κ1) is 14.5. The smallest absolute Gasteiger partial charge is 0.261 e. The lowest BCUT2D eigenvalue weighted by molar-refractivity contribution is 0.632. The standard InChI is InChI=1S/C18H19N3O/c1-13-6-4-7-14(12-13)17-20-16-9-3-2-8-15(16)18(22)21(17)11-5-10-19/h2-4,6-9,12H,5,10-11,19H2,1H3. The highest BCUT2D eigenvalue weighted by atomic mass is 16.1. The van der Waals surface area contributed by atoms with Crippen LogP contribution in [0.5, 0.6) is 0 Å². The lowest BCUT2D eigenvalue weighted by atomic mass is 10.1. The number of para-hydroxylation sites is 1. The molecular formula is C18H19N3O. The van der Waals surface area contributed by atoms with E-state index >= 15 is 0 Å². The van der Waals surface area contributed by atoms with Gasteiger partial charge in [-0.05, 0) is 38.1 Å². The van der Waals surface area contributed by atoms with Crippen LogP contribution in [0.2, 0.25) is 0 Å². The summed E-state index contributed by atoms with van der Waals surface area (Å²) in [6.07, 6.45) is 0.749. The Morgan fingerprint density at radius 1 is 1.14 bits per heavy atom. The lowest BCUT2D eigenvalue weighted by Crippen LogP contribution is -2.24. The average molecular weight is 293 g/mol. The molecule has 1 heterocycles. The predicted octanol–water partition coefficient (Wildman–Crippen LogP) is 2.72. The van der Waals surface area contributed by atoms with Crippen molar-refractivity contribution in [1.82, 2.24) is 9.55 Å². The zero-order valence-corrected chi connectivity index (χ0v) is 12.6. The van der Waals surface area contributed by atoms with E-state index in [4.69, 9.17) is 10.7 Å². The van der Waals surface area contributed by atoms with Crippen molar-refractivity contribution >= 4 is 10.9 Å². The van der Waals surface area contributed by atoms with Crippen LogP contribution in [0.1, 0.15) is 12.0 Å². The van der Waals surface area contributed by atoms with Gasteiger partial charge in [0.15, 0.2) is 0 Å². The van der Waals surface area contributed by atoms with Crippen molar-refractivity contribution in [2.24, 2.45) is 5.73 Å². The second-order valence-corrected chi connectivity index (χ2v) is 5.42. The highest BCUT2D eigenvalue weighted by Crippen LogP contribution is 2.20. The molecule has 0 radical (unpaired) electrons. The van der Waals surface area contributed by atoms with Crippen molar-refractivity contribution < 1.29 is 0 Å². The summed E-state index contributed by atoms with van der Waals surface area (Å²) in [4.78, 5) is 17.5. The molecule has 4 nitrogen and oxygen atoms in total. The van der Waals surface area contributed by atoms with E-state index in [1.54, 1.807) is 4.57 Å². The van der Waals surface area contributed by atoms with Crippen LogP contribution in [0.4, 0.5) is 0 Å². The second-order valence-electron chi connectivity index (χ2n) is 5.42. The third-order valence-electron chi connectivity index (χ3n) is 3.72. The normalized spacial score (nSPS) is 11.0. The van der Waals surface area contributed by atoms with Gasteiger partial charge in [0.05, 0.1) is 10.9 Å². The molecule has 0 aliphatic heterocycles. The topological polar surface area (TPSA) is 60.9 Å².